The number of likely N-dealkylation sites (tertiary alicyclic amines) is 1. The lowest BCUT2D eigenvalue weighted by molar-refractivity contribution is -0.121. The average molecular weight is 621 g/mol. The highest BCUT2D eigenvalue weighted by molar-refractivity contribution is 7.91. The van der Waals surface area contributed by atoms with E-state index in [1.165, 1.54) is 6.42 Å². The summed E-state index contributed by atoms with van der Waals surface area (Å²) in [6.07, 6.45) is 4.95. The number of unbranched alkanes of at least 4 members (excludes halogenated alkanes) is 1. The van der Waals surface area contributed by atoms with Crippen LogP contribution >= 0.6 is 11.6 Å². The van der Waals surface area contributed by atoms with Gasteiger partial charge in [0, 0.05) is 12.5 Å². The molecule has 0 unspecified atom stereocenters. The van der Waals surface area contributed by atoms with Crippen molar-refractivity contribution in [1.29, 1.82) is 0 Å². The van der Waals surface area contributed by atoms with E-state index in [1.54, 1.807) is 43.5 Å². The fraction of sp³-hybridized carbons (Fsp3) is 0.364. The van der Waals surface area contributed by atoms with Crippen LogP contribution in [0.3, 0.4) is 0 Å². The molecule has 8 nitrogen and oxygen atoms in total. The maximum atomic E-state index is 13.3. The molecule has 1 aliphatic rings. The van der Waals surface area contributed by atoms with Gasteiger partial charge in [-0.3, -0.25) is 9.69 Å². The molecule has 0 radical (unpaired) electrons. The van der Waals surface area contributed by atoms with Gasteiger partial charge in [-0.2, -0.15) is 0 Å². The summed E-state index contributed by atoms with van der Waals surface area (Å²) in [7, 11) is -1.92. The number of ketones is 1. The molecule has 5 rings (SSSR count). The van der Waals surface area contributed by atoms with Crippen LogP contribution in [0.5, 0.6) is 5.75 Å². The summed E-state index contributed by atoms with van der Waals surface area (Å²) in [6, 6.07) is 20.0. The zero-order chi connectivity index (χ0) is 30.2. The van der Waals surface area contributed by atoms with E-state index >= 15 is 0 Å². The number of nitrogens with zero attached hydrogens (tertiary/aromatic N) is 3. The highest BCUT2D eigenvalue weighted by Gasteiger charge is 2.18. The summed E-state index contributed by atoms with van der Waals surface area (Å²) in [5.74, 6) is 1.44. The van der Waals surface area contributed by atoms with Crippen molar-refractivity contribution in [3.05, 3.63) is 83.0 Å². The summed E-state index contributed by atoms with van der Waals surface area (Å²) >= 11 is 6.44. The molecule has 0 aliphatic carbocycles. The number of sulfone groups is 1. The van der Waals surface area contributed by atoms with Crippen LogP contribution in [0.1, 0.15) is 43.4 Å². The predicted octanol–water partition coefficient (Wildman–Crippen LogP) is 6.43. The fourth-order valence-corrected chi connectivity index (χ4v) is 6.67. The summed E-state index contributed by atoms with van der Waals surface area (Å²) in [4.78, 5) is 24.2. The van der Waals surface area contributed by atoms with Crippen LogP contribution in [0, 0.1) is 0 Å². The van der Waals surface area contributed by atoms with Crippen molar-refractivity contribution in [3.63, 3.8) is 0 Å². The number of rotatable bonds is 15. The number of carbonyl (C=O) groups excluding carboxylic acids is 1. The molecule has 1 aromatic heterocycles. The highest BCUT2D eigenvalue weighted by atomic mass is 35.5. The molecule has 0 amide bonds. The number of fused-ring (bicyclic) bond motifs is 1. The standard InChI is InChI=1S/C33H37ClN4O4S/c1-42-26-16-17-28(34)32(22-26)37-33-31(35-29-13-4-5-14-30(29)36-33)15-7-20-43(40,41)27-12-6-10-24(21-27)9-2-3-11-25(39)23-38-18-8-19-38/h4-6,10,12-14,16-17,21-22H,2-3,7-9,11,15,18-20,23H2,1H3,(H,36,37). The van der Waals surface area contributed by atoms with Crippen molar-refractivity contribution < 1.29 is 17.9 Å². The monoisotopic (exact) mass is 620 g/mol. The second-order valence-electron chi connectivity index (χ2n) is 10.9. The Morgan fingerprint density at radius 2 is 1.74 bits per heavy atom. The van der Waals surface area contributed by atoms with Crippen LogP contribution in [0.15, 0.2) is 71.6 Å². The highest BCUT2D eigenvalue weighted by Crippen LogP contribution is 2.31. The fourth-order valence-electron chi connectivity index (χ4n) is 5.13. The molecule has 0 atom stereocenters. The first-order valence-electron chi connectivity index (χ1n) is 14.7. The Morgan fingerprint density at radius 3 is 2.49 bits per heavy atom. The van der Waals surface area contributed by atoms with E-state index in [0.29, 0.717) is 58.7 Å². The first-order chi connectivity index (χ1) is 20.8. The zero-order valence-corrected chi connectivity index (χ0v) is 26.0. The minimum atomic E-state index is -3.50. The van der Waals surface area contributed by atoms with Gasteiger partial charge in [0.25, 0.3) is 0 Å². The van der Waals surface area contributed by atoms with Gasteiger partial charge in [0.15, 0.2) is 15.7 Å². The number of Topliss-reactive ketones (excluding diaryl/α,β-unsaturated/α-hetero) is 1. The van der Waals surface area contributed by atoms with Crippen LogP contribution in [-0.4, -0.2) is 61.6 Å². The van der Waals surface area contributed by atoms with Crippen molar-refractivity contribution >= 4 is 49.8 Å². The lowest BCUT2D eigenvalue weighted by Crippen LogP contribution is -2.40. The first kappa shape index (κ1) is 30.9. The van der Waals surface area contributed by atoms with E-state index in [2.05, 4.69) is 10.2 Å². The number of hydrogen-bond donors (Lipinski definition) is 1. The van der Waals surface area contributed by atoms with Crippen molar-refractivity contribution in [3.8, 4) is 5.75 Å². The molecule has 1 aliphatic heterocycles. The number of ether oxygens (including phenoxy) is 1. The Morgan fingerprint density at radius 1 is 0.953 bits per heavy atom. The van der Waals surface area contributed by atoms with E-state index in [4.69, 9.17) is 26.3 Å². The van der Waals surface area contributed by atoms with Crippen molar-refractivity contribution in [2.75, 3.05) is 37.8 Å². The minimum Gasteiger partial charge on any atom is -0.497 e. The third-order valence-electron chi connectivity index (χ3n) is 7.67. The van der Waals surface area contributed by atoms with Crippen LogP contribution in [-0.2, 0) is 27.5 Å². The largest absolute Gasteiger partial charge is 0.497 e. The van der Waals surface area contributed by atoms with Gasteiger partial charge in [0.1, 0.15) is 11.5 Å². The molecule has 0 saturated carbocycles. The number of methoxy groups -OCH3 is 1. The van der Waals surface area contributed by atoms with Gasteiger partial charge in [-0.15, -0.1) is 0 Å². The summed E-state index contributed by atoms with van der Waals surface area (Å²) in [5.41, 5.74) is 3.70. The number of benzene rings is 3. The van der Waals surface area contributed by atoms with Gasteiger partial charge in [0.2, 0.25) is 0 Å². The number of nitrogens with one attached hydrogen (secondary N) is 1. The van der Waals surface area contributed by atoms with Crippen LogP contribution in [0.25, 0.3) is 11.0 Å². The van der Waals surface area contributed by atoms with E-state index < -0.39 is 9.84 Å². The van der Waals surface area contributed by atoms with E-state index in [9.17, 15) is 13.2 Å². The Hall–Kier alpha value is -3.53. The number of aromatic nitrogens is 2. The molecular formula is C33H37ClN4O4S. The minimum absolute atomic E-state index is 0.0185. The van der Waals surface area contributed by atoms with Crippen LogP contribution in [0.2, 0.25) is 5.02 Å². The number of para-hydroxylation sites is 2. The van der Waals surface area contributed by atoms with Gasteiger partial charge >= 0.3 is 0 Å². The zero-order valence-electron chi connectivity index (χ0n) is 24.4. The van der Waals surface area contributed by atoms with Gasteiger partial charge < -0.3 is 10.1 Å². The molecule has 226 valence electrons. The molecule has 2 heterocycles. The summed E-state index contributed by atoms with van der Waals surface area (Å²) in [5, 5.41) is 3.78. The molecule has 1 N–H and O–H groups in total. The molecular weight excluding hydrogens is 584 g/mol. The lowest BCUT2D eigenvalue weighted by atomic mass is 10.1. The van der Waals surface area contributed by atoms with Gasteiger partial charge in [-0.25, -0.2) is 18.4 Å². The van der Waals surface area contributed by atoms with E-state index in [1.807, 2.05) is 30.3 Å². The van der Waals surface area contributed by atoms with Crippen molar-refractivity contribution in [2.45, 2.75) is 49.8 Å². The molecule has 1 saturated heterocycles. The normalized spacial score (nSPS) is 13.5. The molecule has 0 bridgehead atoms. The van der Waals surface area contributed by atoms with Gasteiger partial charge in [-0.1, -0.05) is 35.9 Å². The second kappa shape index (κ2) is 14.3. The average Bonchev–Trinajstić information content (AvgIpc) is 2.98. The summed E-state index contributed by atoms with van der Waals surface area (Å²) in [6.45, 7) is 2.61. The molecule has 4 aromatic rings. The van der Waals surface area contributed by atoms with Gasteiger partial charge in [-0.05, 0) is 93.6 Å². The van der Waals surface area contributed by atoms with Crippen LogP contribution < -0.4 is 10.1 Å². The number of halogens is 1. The SMILES string of the molecule is COc1ccc(Cl)c(Nc2nc3ccccc3nc2CCCS(=O)(=O)c2cccc(CCCCC(=O)CN3CCC3)c2)c1. The number of hydrogen-bond acceptors (Lipinski definition) is 8. The van der Waals surface area contributed by atoms with Crippen molar-refractivity contribution in [2.24, 2.45) is 0 Å². The third kappa shape index (κ3) is 8.31. The van der Waals surface area contributed by atoms with Gasteiger partial charge in [0.05, 0.1) is 51.7 Å². The Bertz CT molecular complexity index is 1690. The summed E-state index contributed by atoms with van der Waals surface area (Å²) < 4.78 is 31.9. The van der Waals surface area contributed by atoms with E-state index in [0.717, 1.165) is 48.9 Å². The quantitative estimate of drug-likeness (QED) is 0.152. The van der Waals surface area contributed by atoms with Crippen LogP contribution in [0.4, 0.5) is 11.5 Å². The predicted molar refractivity (Wildman–Crippen MR) is 171 cm³/mol. The first-order valence-corrected chi connectivity index (χ1v) is 16.8. The number of aryl methyl sites for hydroxylation is 2. The topological polar surface area (TPSA) is 101 Å². The number of anilines is 2. The molecule has 3 aromatic carbocycles. The number of carbonyl (C=O) groups is 1. The third-order valence-corrected chi connectivity index (χ3v) is 9.80. The molecule has 43 heavy (non-hydrogen) atoms. The molecule has 0 spiro atoms. The molecule has 10 heteroatoms. The van der Waals surface area contributed by atoms with Crippen molar-refractivity contribution in [1.82, 2.24) is 14.9 Å². The Kier molecular flexibility index (Phi) is 10.3. The Labute approximate surface area is 258 Å². The second-order valence-corrected chi connectivity index (χ2v) is 13.4. The maximum Gasteiger partial charge on any atom is 0.178 e. The maximum absolute atomic E-state index is 13.3. The molecule has 1 fully saturated rings. The lowest BCUT2D eigenvalue weighted by Gasteiger charge is -2.29. The smallest absolute Gasteiger partial charge is 0.178 e. The Balaban J connectivity index is 1.21. The van der Waals surface area contributed by atoms with E-state index in [-0.39, 0.29) is 11.5 Å².